The molecule has 0 unspecified atom stereocenters. The number of hydrogen-bond acceptors (Lipinski definition) is 2. The second kappa shape index (κ2) is 7.48. The van der Waals surface area contributed by atoms with E-state index in [0.29, 0.717) is 11.7 Å². The first-order valence-electron chi connectivity index (χ1n) is 7.05. The lowest BCUT2D eigenvalue weighted by atomic mass is 10.0. The van der Waals surface area contributed by atoms with Crippen molar-refractivity contribution in [1.82, 2.24) is 9.55 Å². The summed E-state index contributed by atoms with van der Waals surface area (Å²) >= 11 is 3.63. The van der Waals surface area contributed by atoms with Gasteiger partial charge in [-0.15, -0.1) is 0 Å². The van der Waals surface area contributed by atoms with Crippen LogP contribution in [0.1, 0.15) is 50.4 Å². The van der Waals surface area contributed by atoms with E-state index in [1.807, 2.05) is 26.0 Å². The van der Waals surface area contributed by atoms with E-state index in [1.54, 1.807) is 6.20 Å². The van der Waals surface area contributed by atoms with Gasteiger partial charge in [0.25, 0.3) is 0 Å². The molecule has 2 heterocycles. The molecule has 0 aromatic carbocycles. The van der Waals surface area contributed by atoms with Gasteiger partial charge >= 0.3 is 0 Å². The second-order valence-corrected chi connectivity index (χ2v) is 5.66. The number of rotatable bonds is 3. The van der Waals surface area contributed by atoms with Crippen LogP contribution in [-0.2, 0) is 6.54 Å². The summed E-state index contributed by atoms with van der Waals surface area (Å²) in [4.78, 5) is 4.12. The van der Waals surface area contributed by atoms with Crippen molar-refractivity contribution in [2.75, 3.05) is 5.73 Å². The van der Waals surface area contributed by atoms with Crippen molar-refractivity contribution in [3.05, 3.63) is 45.8 Å². The fraction of sp³-hybridized carbons (Fsp3) is 0.438. The minimum Gasteiger partial charge on any atom is -0.383 e. The number of nitrogens with zero attached hydrogens (tertiary/aromatic N) is 2. The Bertz CT molecular complexity index is 559. The van der Waals surface area contributed by atoms with Crippen molar-refractivity contribution >= 4 is 21.7 Å². The van der Waals surface area contributed by atoms with Crippen LogP contribution in [0.25, 0.3) is 0 Å². The SMILES string of the molecule is CC.Cc1c(C(C)C)c(Br)cn1Cc1cccnc1N. The number of anilines is 1. The van der Waals surface area contributed by atoms with E-state index >= 15 is 0 Å². The molecule has 2 aromatic heterocycles. The molecule has 0 aliphatic heterocycles. The Labute approximate surface area is 130 Å². The van der Waals surface area contributed by atoms with Gasteiger partial charge < -0.3 is 10.3 Å². The molecule has 0 radical (unpaired) electrons. The number of halogens is 1. The zero-order valence-corrected chi connectivity index (χ0v) is 14.5. The van der Waals surface area contributed by atoms with E-state index in [-0.39, 0.29) is 0 Å². The summed E-state index contributed by atoms with van der Waals surface area (Å²) in [6, 6.07) is 3.94. The summed E-state index contributed by atoms with van der Waals surface area (Å²) in [7, 11) is 0. The lowest BCUT2D eigenvalue weighted by molar-refractivity contribution is 0.755. The molecular weight excluding hydrogens is 314 g/mol. The third-order valence-corrected chi connectivity index (χ3v) is 3.82. The van der Waals surface area contributed by atoms with E-state index in [2.05, 4.69) is 52.4 Å². The van der Waals surface area contributed by atoms with Crippen molar-refractivity contribution in [3.8, 4) is 0 Å². The molecule has 2 rings (SSSR count). The van der Waals surface area contributed by atoms with Gasteiger partial charge in [-0.05, 0) is 40.4 Å². The quantitative estimate of drug-likeness (QED) is 0.879. The maximum absolute atomic E-state index is 5.89. The van der Waals surface area contributed by atoms with Crippen LogP contribution >= 0.6 is 15.9 Å². The number of nitrogens with two attached hydrogens (primary N) is 1. The van der Waals surface area contributed by atoms with Gasteiger partial charge in [0, 0.05) is 28.1 Å². The van der Waals surface area contributed by atoms with Gasteiger partial charge in [-0.25, -0.2) is 4.98 Å². The van der Waals surface area contributed by atoms with E-state index in [4.69, 9.17) is 5.73 Å². The lowest BCUT2D eigenvalue weighted by Crippen LogP contribution is -2.05. The molecule has 2 N–H and O–H groups in total. The highest BCUT2D eigenvalue weighted by Crippen LogP contribution is 2.30. The average molecular weight is 338 g/mol. The molecular formula is C16H24BrN3. The molecule has 0 aliphatic carbocycles. The van der Waals surface area contributed by atoms with Crippen molar-refractivity contribution in [2.24, 2.45) is 0 Å². The van der Waals surface area contributed by atoms with Gasteiger partial charge in [0.05, 0.1) is 6.54 Å². The Balaban J connectivity index is 0.000000956. The Morgan fingerprint density at radius 3 is 2.50 bits per heavy atom. The summed E-state index contributed by atoms with van der Waals surface area (Å²) in [6.07, 6.45) is 3.84. The zero-order valence-electron chi connectivity index (χ0n) is 12.9. The van der Waals surface area contributed by atoms with E-state index in [0.717, 1.165) is 16.6 Å². The number of pyridine rings is 1. The summed E-state index contributed by atoms with van der Waals surface area (Å²) in [5, 5.41) is 0. The minimum absolute atomic E-state index is 0.506. The van der Waals surface area contributed by atoms with E-state index in [1.165, 1.54) is 11.3 Å². The third kappa shape index (κ3) is 3.63. The number of nitrogen functional groups attached to an aromatic ring is 1. The molecule has 0 bridgehead atoms. The summed E-state index contributed by atoms with van der Waals surface area (Å²) in [5.41, 5.74) is 9.58. The van der Waals surface area contributed by atoms with Crippen molar-refractivity contribution in [3.63, 3.8) is 0 Å². The number of aromatic nitrogens is 2. The molecule has 110 valence electrons. The minimum atomic E-state index is 0.506. The van der Waals surface area contributed by atoms with Crippen LogP contribution in [0.4, 0.5) is 5.82 Å². The van der Waals surface area contributed by atoms with Crippen LogP contribution in [-0.4, -0.2) is 9.55 Å². The van der Waals surface area contributed by atoms with Crippen molar-refractivity contribution < 1.29 is 0 Å². The highest BCUT2D eigenvalue weighted by molar-refractivity contribution is 9.10. The van der Waals surface area contributed by atoms with E-state index < -0.39 is 0 Å². The van der Waals surface area contributed by atoms with Gasteiger partial charge in [0.1, 0.15) is 5.82 Å². The summed E-state index contributed by atoms with van der Waals surface area (Å²) in [5.74, 6) is 1.11. The monoisotopic (exact) mass is 337 g/mol. The molecule has 0 fully saturated rings. The maximum atomic E-state index is 5.89. The summed E-state index contributed by atoms with van der Waals surface area (Å²) in [6.45, 7) is 11.3. The predicted octanol–water partition coefficient (Wildman–Crippen LogP) is 4.73. The molecule has 2 aromatic rings. The second-order valence-electron chi connectivity index (χ2n) is 4.81. The zero-order chi connectivity index (χ0) is 15.3. The molecule has 4 heteroatoms. The fourth-order valence-electron chi connectivity index (χ4n) is 2.26. The van der Waals surface area contributed by atoms with Crippen LogP contribution in [0.5, 0.6) is 0 Å². The smallest absolute Gasteiger partial charge is 0.128 e. The molecule has 20 heavy (non-hydrogen) atoms. The average Bonchev–Trinajstić information content (AvgIpc) is 2.69. The van der Waals surface area contributed by atoms with Gasteiger partial charge in [0.15, 0.2) is 0 Å². The van der Waals surface area contributed by atoms with Gasteiger partial charge in [-0.1, -0.05) is 33.8 Å². The van der Waals surface area contributed by atoms with Crippen LogP contribution in [0, 0.1) is 6.92 Å². The van der Waals surface area contributed by atoms with Crippen LogP contribution in [0.2, 0.25) is 0 Å². The number of hydrogen-bond donors (Lipinski definition) is 1. The topological polar surface area (TPSA) is 43.8 Å². The lowest BCUT2D eigenvalue weighted by Gasteiger charge is -2.10. The van der Waals surface area contributed by atoms with E-state index in [9.17, 15) is 0 Å². The first-order valence-corrected chi connectivity index (χ1v) is 7.84. The van der Waals surface area contributed by atoms with Crippen molar-refractivity contribution in [1.29, 1.82) is 0 Å². The summed E-state index contributed by atoms with van der Waals surface area (Å²) < 4.78 is 3.38. The molecule has 0 saturated heterocycles. The maximum Gasteiger partial charge on any atom is 0.128 e. The predicted molar refractivity (Wildman–Crippen MR) is 90.1 cm³/mol. The normalized spacial score (nSPS) is 10.3. The van der Waals surface area contributed by atoms with Crippen LogP contribution in [0.3, 0.4) is 0 Å². The highest BCUT2D eigenvalue weighted by atomic mass is 79.9. The third-order valence-electron chi connectivity index (χ3n) is 3.19. The largest absolute Gasteiger partial charge is 0.383 e. The molecule has 0 atom stereocenters. The molecule has 0 saturated carbocycles. The highest BCUT2D eigenvalue weighted by Gasteiger charge is 2.14. The standard InChI is InChI=1S/C14H18BrN3.C2H6/c1-9(2)13-10(3)18(8-12(13)15)7-11-5-4-6-17-14(11)16;1-2/h4-6,8-9H,7H2,1-3H3,(H2,16,17);1-2H3. The van der Waals surface area contributed by atoms with Gasteiger partial charge in [-0.2, -0.15) is 0 Å². The van der Waals surface area contributed by atoms with Crippen LogP contribution < -0.4 is 5.73 Å². The Hall–Kier alpha value is -1.29. The van der Waals surface area contributed by atoms with Crippen LogP contribution in [0.15, 0.2) is 29.0 Å². The molecule has 3 nitrogen and oxygen atoms in total. The Kier molecular flexibility index (Phi) is 6.27. The molecule has 0 spiro atoms. The Morgan fingerprint density at radius 2 is 2.00 bits per heavy atom. The van der Waals surface area contributed by atoms with Crippen molar-refractivity contribution in [2.45, 2.75) is 47.1 Å². The first kappa shape index (κ1) is 16.8. The Morgan fingerprint density at radius 1 is 1.35 bits per heavy atom. The van der Waals surface area contributed by atoms with Gasteiger partial charge in [-0.3, -0.25) is 0 Å². The molecule has 0 aliphatic rings. The fourth-order valence-corrected chi connectivity index (χ4v) is 3.25. The molecule has 0 amide bonds. The first-order chi connectivity index (χ1) is 9.50. The van der Waals surface area contributed by atoms with Gasteiger partial charge in [0.2, 0.25) is 0 Å².